The summed E-state index contributed by atoms with van der Waals surface area (Å²) in [5.74, 6) is 2.88. The third kappa shape index (κ3) is 3.20. The van der Waals surface area contributed by atoms with E-state index in [2.05, 4.69) is 10.2 Å². The second kappa shape index (κ2) is 6.90. The van der Waals surface area contributed by atoms with E-state index in [1.165, 1.54) is 0 Å². The lowest BCUT2D eigenvalue weighted by Gasteiger charge is -2.21. The molecular weight excluding hydrogens is 346 g/mol. The van der Waals surface area contributed by atoms with Crippen molar-refractivity contribution in [2.24, 2.45) is 0 Å². The largest absolute Gasteiger partial charge is 0.497 e. The highest BCUT2D eigenvalue weighted by Crippen LogP contribution is 2.34. The molecule has 3 heterocycles. The van der Waals surface area contributed by atoms with Gasteiger partial charge in [0.15, 0.2) is 0 Å². The van der Waals surface area contributed by atoms with Crippen molar-refractivity contribution in [1.82, 2.24) is 15.1 Å². The van der Waals surface area contributed by atoms with Crippen molar-refractivity contribution in [2.75, 3.05) is 13.7 Å². The number of amides is 1. The molecule has 1 atom stereocenters. The lowest BCUT2D eigenvalue weighted by Crippen LogP contribution is -2.30. The predicted molar refractivity (Wildman–Crippen MR) is 97.5 cm³/mol. The smallest absolute Gasteiger partial charge is 0.258 e. The summed E-state index contributed by atoms with van der Waals surface area (Å²) < 4.78 is 16.7. The average Bonchev–Trinajstić information content (AvgIpc) is 3.40. The molecule has 1 aliphatic rings. The molecule has 27 heavy (non-hydrogen) atoms. The van der Waals surface area contributed by atoms with Crippen LogP contribution in [-0.4, -0.2) is 34.7 Å². The molecule has 1 amide bonds. The maximum Gasteiger partial charge on any atom is 0.258 e. The van der Waals surface area contributed by atoms with Gasteiger partial charge in [-0.05, 0) is 51.0 Å². The average molecular weight is 367 g/mol. The second-order valence-corrected chi connectivity index (χ2v) is 6.66. The summed E-state index contributed by atoms with van der Waals surface area (Å²) in [6.07, 6.45) is 1.69. The zero-order valence-corrected chi connectivity index (χ0v) is 15.6. The summed E-state index contributed by atoms with van der Waals surface area (Å²) in [5.41, 5.74) is 1.37. The Morgan fingerprint density at radius 2 is 2.07 bits per heavy atom. The van der Waals surface area contributed by atoms with E-state index in [-0.39, 0.29) is 11.9 Å². The number of aryl methyl sites for hydroxylation is 2. The molecule has 1 unspecified atom stereocenters. The topological polar surface area (TPSA) is 81.6 Å². The van der Waals surface area contributed by atoms with Crippen LogP contribution < -0.4 is 4.74 Å². The summed E-state index contributed by atoms with van der Waals surface area (Å²) in [4.78, 5) is 14.8. The van der Waals surface area contributed by atoms with Crippen molar-refractivity contribution in [1.29, 1.82) is 0 Å². The van der Waals surface area contributed by atoms with Crippen LogP contribution in [0.5, 0.6) is 5.75 Å². The fourth-order valence-electron chi connectivity index (χ4n) is 3.51. The van der Waals surface area contributed by atoms with E-state index in [1.54, 1.807) is 25.0 Å². The molecule has 1 fully saturated rings. The molecule has 0 bridgehead atoms. The van der Waals surface area contributed by atoms with Crippen LogP contribution in [0.4, 0.5) is 0 Å². The van der Waals surface area contributed by atoms with Crippen LogP contribution in [0.2, 0.25) is 0 Å². The Kier molecular flexibility index (Phi) is 4.43. The summed E-state index contributed by atoms with van der Waals surface area (Å²) >= 11 is 0. The van der Waals surface area contributed by atoms with Gasteiger partial charge in [0, 0.05) is 12.1 Å². The first-order chi connectivity index (χ1) is 13.1. The Balaban J connectivity index is 1.60. The van der Waals surface area contributed by atoms with E-state index in [0.29, 0.717) is 29.6 Å². The van der Waals surface area contributed by atoms with Crippen LogP contribution in [0, 0.1) is 13.8 Å². The minimum Gasteiger partial charge on any atom is -0.497 e. The number of aromatic nitrogens is 2. The number of nitrogens with zero attached hydrogens (tertiary/aromatic N) is 3. The summed E-state index contributed by atoms with van der Waals surface area (Å²) in [7, 11) is 1.61. The summed E-state index contributed by atoms with van der Waals surface area (Å²) in [5, 5.41) is 8.38. The Labute approximate surface area is 156 Å². The predicted octanol–water partition coefficient (Wildman–Crippen LogP) is 3.93. The van der Waals surface area contributed by atoms with Crippen LogP contribution in [0.3, 0.4) is 0 Å². The Morgan fingerprint density at radius 3 is 2.81 bits per heavy atom. The van der Waals surface area contributed by atoms with Gasteiger partial charge >= 0.3 is 0 Å². The minimum atomic E-state index is -0.223. The number of rotatable bonds is 4. The highest BCUT2D eigenvalue weighted by Gasteiger charge is 2.35. The van der Waals surface area contributed by atoms with Crippen molar-refractivity contribution in [2.45, 2.75) is 32.7 Å². The Bertz CT molecular complexity index is 975. The standard InChI is InChI=1S/C20H21N3O4/c1-12-10-16(13(2)26-12)20(24)23-9-5-8-17(23)19-22-21-18(27-19)14-6-4-7-15(11-14)25-3/h4,6-7,10-11,17H,5,8-9H2,1-3H3. The lowest BCUT2D eigenvalue weighted by molar-refractivity contribution is 0.0714. The normalized spacial score (nSPS) is 16.7. The second-order valence-electron chi connectivity index (χ2n) is 6.66. The van der Waals surface area contributed by atoms with Gasteiger partial charge in [-0.3, -0.25) is 4.79 Å². The van der Waals surface area contributed by atoms with Crippen LogP contribution in [0.1, 0.15) is 46.7 Å². The fraction of sp³-hybridized carbons (Fsp3) is 0.350. The first-order valence-electron chi connectivity index (χ1n) is 8.92. The molecule has 3 aromatic rings. The molecule has 4 rings (SSSR count). The van der Waals surface area contributed by atoms with Gasteiger partial charge < -0.3 is 18.5 Å². The first kappa shape index (κ1) is 17.3. The third-order valence-corrected chi connectivity index (χ3v) is 4.83. The van der Waals surface area contributed by atoms with E-state index in [0.717, 1.165) is 29.9 Å². The third-order valence-electron chi connectivity index (χ3n) is 4.83. The van der Waals surface area contributed by atoms with Gasteiger partial charge in [-0.25, -0.2) is 0 Å². The number of ether oxygens (including phenoxy) is 1. The van der Waals surface area contributed by atoms with Crippen LogP contribution in [0.25, 0.3) is 11.5 Å². The molecule has 2 aromatic heterocycles. The van der Waals surface area contributed by atoms with Gasteiger partial charge in [0.2, 0.25) is 11.8 Å². The van der Waals surface area contributed by atoms with Crippen molar-refractivity contribution < 1.29 is 18.4 Å². The number of furan rings is 1. The van der Waals surface area contributed by atoms with Gasteiger partial charge in [-0.1, -0.05) is 6.07 Å². The molecule has 1 saturated heterocycles. The number of hydrogen-bond donors (Lipinski definition) is 0. The number of methoxy groups -OCH3 is 1. The van der Waals surface area contributed by atoms with Gasteiger partial charge in [-0.2, -0.15) is 0 Å². The number of hydrogen-bond acceptors (Lipinski definition) is 6. The van der Waals surface area contributed by atoms with Crippen molar-refractivity contribution in [3.05, 3.63) is 53.3 Å². The van der Waals surface area contributed by atoms with Gasteiger partial charge in [0.1, 0.15) is 23.3 Å². The summed E-state index contributed by atoms with van der Waals surface area (Å²) in [6.45, 7) is 4.30. The molecule has 1 aliphatic heterocycles. The molecule has 140 valence electrons. The zero-order valence-electron chi connectivity index (χ0n) is 15.6. The lowest BCUT2D eigenvalue weighted by atomic mass is 10.2. The highest BCUT2D eigenvalue weighted by molar-refractivity contribution is 5.95. The molecule has 0 saturated carbocycles. The van der Waals surface area contributed by atoms with Crippen LogP contribution >= 0.6 is 0 Å². The summed E-state index contributed by atoms with van der Waals surface area (Å²) in [6, 6.07) is 9.00. The Morgan fingerprint density at radius 1 is 1.22 bits per heavy atom. The number of likely N-dealkylation sites (tertiary alicyclic amines) is 1. The molecular formula is C20H21N3O4. The first-order valence-corrected chi connectivity index (χ1v) is 8.92. The van der Waals surface area contributed by atoms with Gasteiger partial charge in [-0.15, -0.1) is 10.2 Å². The molecule has 7 nitrogen and oxygen atoms in total. The van der Waals surface area contributed by atoms with Gasteiger partial charge in [0.05, 0.1) is 12.7 Å². The molecule has 0 N–H and O–H groups in total. The maximum absolute atomic E-state index is 13.0. The molecule has 0 aliphatic carbocycles. The van der Waals surface area contributed by atoms with E-state index in [1.807, 2.05) is 31.2 Å². The highest BCUT2D eigenvalue weighted by atomic mass is 16.5. The molecule has 0 radical (unpaired) electrons. The maximum atomic E-state index is 13.0. The van der Waals surface area contributed by atoms with E-state index in [9.17, 15) is 4.79 Å². The molecule has 7 heteroatoms. The molecule has 1 aromatic carbocycles. The number of carbonyl (C=O) groups is 1. The fourth-order valence-corrected chi connectivity index (χ4v) is 3.51. The SMILES string of the molecule is COc1cccc(-c2nnc(C3CCCN3C(=O)c3cc(C)oc3C)o2)c1. The Hall–Kier alpha value is -3.09. The minimum absolute atomic E-state index is 0.0621. The monoisotopic (exact) mass is 367 g/mol. The zero-order chi connectivity index (χ0) is 19.0. The van der Waals surface area contributed by atoms with Crippen LogP contribution in [0.15, 0.2) is 39.2 Å². The number of benzene rings is 1. The van der Waals surface area contributed by atoms with E-state index < -0.39 is 0 Å². The van der Waals surface area contributed by atoms with Crippen LogP contribution in [-0.2, 0) is 0 Å². The van der Waals surface area contributed by atoms with Crippen molar-refractivity contribution in [3.63, 3.8) is 0 Å². The van der Waals surface area contributed by atoms with Gasteiger partial charge in [0.25, 0.3) is 5.91 Å². The van der Waals surface area contributed by atoms with Crippen molar-refractivity contribution in [3.8, 4) is 17.2 Å². The number of carbonyl (C=O) groups excluding carboxylic acids is 1. The van der Waals surface area contributed by atoms with E-state index >= 15 is 0 Å². The van der Waals surface area contributed by atoms with E-state index in [4.69, 9.17) is 13.6 Å². The van der Waals surface area contributed by atoms with Crippen molar-refractivity contribution >= 4 is 5.91 Å². The quantitative estimate of drug-likeness (QED) is 0.695. The molecule has 0 spiro atoms.